The lowest BCUT2D eigenvalue weighted by atomic mass is 9.84. The number of rotatable bonds is 4. The van der Waals surface area contributed by atoms with E-state index in [1.807, 2.05) is 0 Å². The van der Waals surface area contributed by atoms with Crippen LogP contribution < -0.4 is 0 Å². The zero-order valence-electron chi connectivity index (χ0n) is 57.5. The first-order valence-electron chi connectivity index (χ1n) is 31.2. The molecule has 0 bridgehead atoms. The minimum Gasteiger partial charge on any atom is -0.456 e. The molecule has 0 atom stereocenters. The van der Waals surface area contributed by atoms with Crippen molar-refractivity contribution in [3.63, 3.8) is 0 Å². The highest BCUT2D eigenvalue weighted by Crippen LogP contribution is 2.46. The van der Waals surface area contributed by atoms with E-state index in [1.165, 1.54) is 0 Å². The molecule has 0 spiro atoms. The van der Waals surface area contributed by atoms with Crippen molar-refractivity contribution in [1.82, 2.24) is 0 Å². The van der Waals surface area contributed by atoms with Crippen molar-refractivity contribution < 1.29 is 46.9 Å². The Bertz CT molecular complexity index is 4940. The largest absolute Gasteiger partial charge is 0.456 e. The third-order valence-electron chi connectivity index (χ3n) is 8.78. The normalized spacial score (nSPS) is 20.0. The van der Waals surface area contributed by atoms with Crippen LogP contribution in [0.25, 0.3) is 110 Å². The van der Waals surface area contributed by atoms with Crippen molar-refractivity contribution in [2.24, 2.45) is 0 Å². The third-order valence-corrected chi connectivity index (χ3v) is 8.78. The van der Waals surface area contributed by atoms with Gasteiger partial charge >= 0.3 is 0 Å². The highest BCUT2D eigenvalue weighted by molar-refractivity contribution is 6.24. The summed E-state index contributed by atoms with van der Waals surface area (Å²) >= 11 is 0. The fourth-order valence-electron chi connectivity index (χ4n) is 6.55. The van der Waals surface area contributed by atoms with Gasteiger partial charge < -0.3 is 4.42 Å². The average molecular weight is 704 g/mol. The molecule has 0 N–H and O–H groups in total. The predicted octanol–water partition coefficient (Wildman–Crippen LogP) is 14.9. The Morgan fingerprint density at radius 2 is 0.811 bits per heavy atom. The minimum atomic E-state index is -1.07. The Hall–Kier alpha value is -6.96. The van der Waals surface area contributed by atoms with E-state index in [0.717, 1.165) is 6.07 Å². The number of hydrogen-bond acceptors (Lipinski definition) is 1. The van der Waals surface area contributed by atoms with Gasteiger partial charge in [-0.1, -0.05) is 175 Å². The van der Waals surface area contributed by atoms with Gasteiger partial charge in [-0.05, 0) is 106 Å². The average Bonchev–Trinajstić information content (AvgIpc) is 0.947. The van der Waals surface area contributed by atoms with E-state index in [0.29, 0.717) is 0 Å². The Morgan fingerprint density at radius 1 is 0.321 bits per heavy atom. The van der Waals surface area contributed by atoms with Crippen LogP contribution in [0.5, 0.6) is 0 Å². The Morgan fingerprint density at radius 3 is 1.51 bits per heavy atom. The molecular formula is C52H32O. The van der Waals surface area contributed by atoms with E-state index in [1.54, 1.807) is 0 Å². The van der Waals surface area contributed by atoms with E-state index in [-0.39, 0.29) is 0 Å². The lowest BCUT2D eigenvalue weighted by Crippen LogP contribution is -1.91. The van der Waals surface area contributed by atoms with Gasteiger partial charge in [0, 0.05) is 10.8 Å². The van der Waals surface area contributed by atoms with Crippen LogP contribution in [-0.2, 0) is 0 Å². The molecule has 11 aromatic rings. The van der Waals surface area contributed by atoms with Crippen LogP contribution in [0, 0.1) is 0 Å². The first-order valence-corrected chi connectivity index (χ1v) is 15.7. The van der Waals surface area contributed by atoms with Crippen LogP contribution in [0.1, 0.15) is 42.5 Å². The third kappa shape index (κ3) is 4.64. The smallest absolute Gasteiger partial charge is 0.136 e. The van der Waals surface area contributed by atoms with Crippen molar-refractivity contribution in [2.75, 3.05) is 0 Å². The van der Waals surface area contributed by atoms with Crippen molar-refractivity contribution in [3.05, 3.63) is 193 Å². The Labute approximate surface area is 350 Å². The van der Waals surface area contributed by atoms with Crippen LogP contribution >= 0.6 is 0 Å². The second-order valence-corrected chi connectivity index (χ2v) is 11.6. The molecule has 53 heavy (non-hydrogen) atoms. The molecule has 1 heterocycles. The second-order valence-electron chi connectivity index (χ2n) is 11.6. The van der Waals surface area contributed by atoms with Crippen molar-refractivity contribution in [1.29, 1.82) is 0 Å². The molecule has 10 aromatic carbocycles. The summed E-state index contributed by atoms with van der Waals surface area (Å²) in [6.07, 6.45) is 0. The molecule has 1 nitrogen and oxygen atoms in total. The monoisotopic (exact) mass is 703 g/mol. The lowest BCUT2D eigenvalue weighted by molar-refractivity contribution is 0.669. The van der Waals surface area contributed by atoms with Crippen LogP contribution in [0.15, 0.2) is 198 Å². The standard InChI is InChI=1S/C52H32O/c1-2-14-37-32-38(31-26-33(37)12-1)41-22-11-25-48-52(41)51-40(21-10-24-47(51)53-48)35-27-29-36(30-28-35)49-43-17-5-7-19-45(43)50(46-20-8-6-18-44(46)49)42-23-9-15-34-13-3-4-16-39(34)42/h1-32H/i1D,2D,3D,4D,5D,6D,7D,8D,9D,10D,11D,12D,13D,14D,15D,16D,17D,18D,19D,20D,21D,22D,23D,24D,25D,26D,27D,28D,29D,31D,32D. The SMILES string of the molecule is [2H]c1cc(-c2c3c([2H])c([2H])c([2H])c([2H])c3c(-c3c([2H])c([2H])c([2H])c4c([2H])c([2H])c([2H])c([2H])c34)c3c([2H])c([2H])c([2H])c([2H])c23)c([2H])c([2H])c1-c1c([2H])c([2H])c([2H])c2oc3c([2H])c([2H])c([2H])c(-c4c([2H])c([2H])c5c([2H])c([2H])c([2H])c([2H])c5c4[2H])c3c12. The number of benzene rings is 10. The zero-order valence-corrected chi connectivity index (χ0v) is 26.5. The van der Waals surface area contributed by atoms with E-state index in [4.69, 9.17) is 30.5 Å². The second kappa shape index (κ2) is 11.8. The highest BCUT2D eigenvalue weighted by Gasteiger charge is 2.20. The molecule has 1 aromatic heterocycles. The summed E-state index contributed by atoms with van der Waals surface area (Å²) in [5, 5.41) is -6.38. The Balaban J connectivity index is 1.35. The Kier molecular flexibility index (Phi) is 2.74. The van der Waals surface area contributed by atoms with Gasteiger partial charge in [-0.3, -0.25) is 0 Å². The van der Waals surface area contributed by atoms with Gasteiger partial charge in [-0.25, -0.2) is 0 Å². The fourth-order valence-corrected chi connectivity index (χ4v) is 6.55. The van der Waals surface area contributed by atoms with Crippen LogP contribution in [0.3, 0.4) is 0 Å². The van der Waals surface area contributed by atoms with E-state index in [9.17, 15) is 16.4 Å². The molecular weight excluding hydrogens is 641 g/mol. The summed E-state index contributed by atoms with van der Waals surface area (Å²) in [6.45, 7) is 0. The van der Waals surface area contributed by atoms with Crippen molar-refractivity contribution >= 4 is 65.0 Å². The van der Waals surface area contributed by atoms with E-state index >= 15 is 0 Å². The van der Waals surface area contributed by atoms with Gasteiger partial charge in [0.1, 0.15) is 11.2 Å². The molecule has 0 aliphatic carbocycles. The predicted molar refractivity (Wildman–Crippen MR) is 225 cm³/mol. The van der Waals surface area contributed by atoms with Crippen LogP contribution in [-0.4, -0.2) is 0 Å². The van der Waals surface area contributed by atoms with Gasteiger partial charge in [-0.2, -0.15) is 0 Å². The molecule has 0 aliphatic rings. The molecule has 0 radical (unpaired) electrons. The van der Waals surface area contributed by atoms with Crippen LogP contribution in [0.2, 0.25) is 0 Å². The first kappa shape index (κ1) is 12.3. The summed E-state index contributed by atoms with van der Waals surface area (Å²) in [5.41, 5.74) is -6.99. The van der Waals surface area contributed by atoms with Crippen LogP contribution in [0.4, 0.5) is 0 Å². The molecule has 0 unspecified atom stereocenters. The molecule has 0 saturated heterocycles. The van der Waals surface area contributed by atoms with Gasteiger partial charge in [0.2, 0.25) is 0 Å². The topological polar surface area (TPSA) is 13.1 Å². The summed E-state index contributed by atoms with van der Waals surface area (Å²) in [4.78, 5) is 0. The molecule has 0 aliphatic heterocycles. The zero-order chi connectivity index (χ0) is 61.9. The summed E-state index contributed by atoms with van der Waals surface area (Å²) in [5.74, 6) is 0. The number of hydrogen-bond donors (Lipinski definition) is 0. The molecule has 0 fully saturated rings. The summed E-state index contributed by atoms with van der Waals surface area (Å²) < 4.78 is 287. The molecule has 246 valence electrons. The van der Waals surface area contributed by atoms with Crippen molar-refractivity contribution in [2.45, 2.75) is 0 Å². The van der Waals surface area contributed by atoms with Gasteiger partial charge in [0.25, 0.3) is 0 Å². The molecule has 11 rings (SSSR count). The fraction of sp³-hybridized carbons (Fsp3) is 0. The lowest BCUT2D eigenvalue weighted by Gasteiger charge is -2.19. The van der Waals surface area contributed by atoms with Gasteiger partial charge in [0.05, 0.1) is 42.5 Å². The maximum atomic E-state index is 9.82. The quantitative estimate of drug-likeness (QED) is 0.166. The van der Waals surface area contributed by atoms with Gasteiger partial charge in [-0.15, -0.1) is 0 Å². The van der Waals surface area contributed by atoms with E-state index < -0.39 is 297 Å². The maximum Gasteiger partial charge on any atom is 0.136 e. The molecule has 0 amide bonds. The highest BCUT2D eigenvalue weighted by atomic mass is 16.3. The maximum absolute atomic E-state index is 9.82. The molecule has 0 saturated carbocycles. The van der Waals surface area contributed by atoms with E-state index in [2.05, 4.69) is 0 Å². The minimum absolute atomic E-state index is 0.554. The van der Waals surface area contributed by atoms with Crippen molar-refractivity contribution in [3.8, 4) is 44.5 Å². The summed E-state index contributed by atoms with van der Waals surface area (Å²) in [6, 6.07) is -27.8. The summed E-state index contributed by atoms with van der Waals surface area (Å²) in [7, 11) is 0. The first-order chi connectivity index (χ1) is 39.2. The van der Waals surface area contributed by atoms with Gasteiger partial charge in [0.15, 0.2) is 0 Å². The molecule has 1 heteroatoms. The number of fused-ring (bicyclic) bond motifs is 7. The number of furan rings is 1.